The number of fused-ring (bicyclic) bond motifs is 12. The first-order valence-electron chi connectivity index (χ1n) is 20.8. The largest absolute Gasteiger partial charge is 0.252 e. The maximum Gasteiger partial charge on any atom is 0.0971 e. The number of hydrogen-bond acceptors (Lipinski definition) is 3. The van der Waals surface area contributed by atoms with Gasteiger partial charge in [-0.25, -0.2) is 0 Å². The van der Waals surface area contributed by atoms with E-state index in [0.29, 0.717) is 0 Å². The second-order valence-corrected chi connectivity index (χ2v) is 17.0. The quantitative estimate of drug-likeness (QED) is 0.166. The third-order valence-corrected chi connectivity index (χ3v) is 14.0. The zero-order valence-corrected chi connectivity index (χ0v) is 33.7. The number of benzene rings is 11. The normalized spacial score (nSPS) is 11.9. The zero-order valence-electron chi connectivity index (χ0n) is 32.9. The molecule has 0 saturated heterocycles. The van der Waals surface area contributed by atoms with Crippen LogP contribution >= 0.6 is 11.3 Å². The second-order valence-electron chi connectivity index (χ2n) is 16.0. The van der Waals surface area contributed by atoms with E-state index in [2.05, 4.69) is 194 Å². The minimum Gasteiger partial charge on any atom is -0.252 e. The van der Waals surface area contributed by atoms with E-state index in [4.69, 9.17) is 9.97 Å². The lowest BCUT2D eigenvalue weighted by molar-refractivity contribution is 1.31. The van der Waals surface area contributed by atoms with E-state index in [9.17, 15) is 0 Å². The Morgan fingerprint density at radius 1 is 0.262 bits per heavy atom. The fourth-order valence-corrected chi connectivity index (χ4v) is 11.3. The van der Waals surface area contributed by atoms with Gasteiger partial charge < -0.3 is 0 Å². The van der Waals surface area contributed by atoms with Crippen molar-refractivity contribution in [3.63, 3.8) is 0 Å². The highest BCUT2D eigenvalue weighted by atomic mass is 32.1. The summed E-state index contributed by atoms with van der Waals surface area (Å²) in [4.78, 5) is 9.54. The van der Waals surface area contributed by atoms with E-state index in [1.54, 1.807) is 12.4 Å². The number of aromatic nitrogens is 2. The van der Waals surface area contributed by atoms with E-state index in [1.165, 1.54) is 108 Å². The molecular formula is C58H34N2S. The summed E-state index contributed by atoms with van der Waals surface area (Å²) in [6.07, 6.45) is 3.58. The first kappa shape index (κ1) is 34.2. The smallest absolute Gasteiger partial charge is 0.0971 e. The van der Waals surface area contributed by atoms with Gasteiger partial charge in [-0.2, -0.15) is 0 Å². The molecule has 2 heterocycles. The van der Waals surface area contributed by atoms with Crippen LogP contribution in [0.1, 0.15) is 0 Å². The molecule has 0 bridgehead atoms. The van der Waals surface area contributed by atoms with Crippen molar-refractivity contribution in [2.75, 3.05) is 0 Å². The van der Waals surface area contributed by atoms with Crippen LogP contribution in [-0.4, -0.2) is 9.97 Å². The standard InChI is InChI=1S/C58H34N2S/c1-2-14-50-48(12-1)54-34-35(30-31-51(54)57-56(50)59-32-33-60-57)36-15-5-17-38-37(36)16-6-18-39(38)40-19-7-21-42-41(40)20-8-22-43(42)44-23-9-25-46-45(44)24-10-26-47(46)52-27-11-28-53-49-13-3-4-29-55(49)61-58(52)53/h1-34H. The molecule has 0 spiro atoms. The lowest BCUT2D eigenvalue weighted by Gasteiger charge is -2.16. The summed E-state index contributed by atoms with van der Waals surface area (Å²) in [7, 11) is 0. The Morgan fingerprint density at radius 3 is 1.21 bits per heavy atom. The van der Waals surface area contributed by atoms with Gasteiger partial charge in [-0.05, 0) is 94.2 Å². The molecule has 13 aromatic rings. The molecule has 13 rings (SSSR count). The Kier molecular flexibility index (Phi) is 7.51. The average molecular weight is 791 g/mol. The minimum atomic E-state index is 0.937. The van der Waals surface area contributed by atoms with Crippen molar-refractivity contribution in [2.45, 2.75) is 0 Å². The predicted octanol–water partition coefficient (Wildman–Crippen LogP) is 16.4. The maximum atomic E-state index is 4.79. The maximum absolute atomic E-state index is 4.79. The van der Waals surface area contributed by atoms with Crippen LogP contribution in [0.5, 0.6) is 0 Å². The van der Waals surface area contributed by atoms with E-state index in [1.807, 2.05) is 11.3 Å². The molecule has 0 aliphatic rings. The third-order valence-electron chi connectivity index (χ3n) is 12.8. The number of hydrogen-bond donors (Lipinski definition) is 0. The van der Waals surface area contributed by atoms with Crippen molar-refractivity contribution < 1.29 is 0 Å². The third kappa shape index (κ3) is 5.14. The molecule has 0 N–H and O–H groups in total. The van der Waals surface area contributed by atoms with Gasteiger partial charge in [-0.1, -0.05) is 182 Å². The predicted molar refractivity (Wildman–Crippen MR) is 262 cm³/mol. The first-order chi connectivity index (χ1) is 30.3. The van der Waals surface area contributed by atoms with Crippen LogP contribution in [0.25, 0.3) is 130 Å². The highest BCUT2D eigenvalue weighted by Crippen LogP contribution is 2.45. The number of nitrogens with zero attached hydrogens (tertiary/aromatic N) is 2. The molecule has 11 aromatic carbocycles. The zero-order chi connectivity index (χ0) is 40.0. The first-order valence-corrected chi connectivity index (χ1v) is 21.6. The molecule has 61 heavy (non-hydrogen) atoms. The fourth-order valence-electron chi connectivity index (χ4n) is 10.1. The van der Waals surface area contributed by atoms with Crippen LogP contribution in [0.15, 0.2) is 207 Å². The van der Waals surface area contributed by atoms with Crippen molar-refractivity contribution in [3.05, 3.63) is 207 Å². The monoisotopic (exact) mass is 790 g/mol. The molecular weight excluding hydrogens is 757 g/mol. The van der Waals surface area contributed by atoms with Gasteiger partial charge in [0.05, 0.1) is 11.0 Å². The molecule has 282 valence electrons. The average Bonchev–Trinajstić information content (AvgIpc) is 3.72. The summed E-state index contributed by atoms with van der Waals surface area (Å²) in [5, 5.41) is 14.7. The van der Waals surface area contributed by atoms with Gasteiger partial charge in [0.2, 0.25) is 0 Å². The summed E-state index contributed by atoms with van der Waals surface area (Å²) >= 11 is 1.89. The molecule has 0 fully saturated rings. The number of rotatable bonds is 4. The fraction of sp³-hybridized carbons (Fsp3) is 0. The van der Waals surface area contributed by atoms with E-state index in [0.717, 1.165) is 21.8 Å². The van der Waals surface area contributed by atoms with E-state index in [-0.39, 0.29) is 0 Å². The molecule has 0 radical (unpaired) electrons. The lowest BCUT2D eigenvalue weighted by atomic mass is 9.87. The van der Waals surface area contributed by atoms with Crippen molar-refractivity contribution in [1.82, 2.24) is 9.97 Å². The molecule has 0 aliphatic carbocycles. The van der Waals surface area contributed by atoms with Gasteiger partial charge in [-0.15, -0.1) is 11.3 Å². The molecule has 0 unspecified atom stereocenters. The molecule has 2 nitrogen and oxygen atoms in total. The van der Waals surface area contributed by atoms with Gasteiger partial charge in [0, 0.05) is 48.9 Å². The van der Waals surface area contributed by atoms with Gasteiger partial charge in [0.1, 0.15) is 0 Å². The van der Waals surface area contributed by atoms with Crippen LogP contribution in [0.4, 0.5) is 0 Å². The Balaban J connectivity index is 0.964. The van der Waals surface area contributed by atoms with E-state index < -0.39 is 0 Å². The van der Waals surface area contributed by atoms with Crippen LogP contribution in [-0.2, 0) is 0 Å². The topological polar surface area (TPSA) is 25.8 Å². The SMILES string of the molecule is c1ccc2c(c1)sc1c(-c3cccc4c(-c5cccc6c(-c7cccc8c(-c9ccc%10c(c9)c9ccccc9c9nccnc%109)cccc78)cccc56)cccc34)cccc12. The summed E-state index contributed by atoms with van der Waals surface area (Å²) in [6.45, 7) is 0. The van der Waals surface area contributed by atoms with E-state index >= 15 is 0 Å². The van der Waals surface area contributed by atoms with Crippen molar-refractivity contribution in [1.29, 1.82) is 0 Å². The lowest BCUT2D eigenvalue weighted by Crippen LogP contribution is -1.90. The highest BCUT2D eigenvalue weighted by molar-refractivity contribution is 7.26. The van der Waals surface area contributed by atoms with Crippen LogP contribution in [0.2, 0.25) is 0 Å². The Bertz CT molecular complexity index is 3920. The second kappa shape index (κ2) is 13.4. The van der Waals surface area contributed by atoms with Gasteiger partial charge in [0.15, 0.2) is 0 Å². The summed E-state index contributed by atoms with van der Waals surface area (Å²) < 4.78 is 2.67. The summed E-state index contributed by atoms with van der Waals surface area (Å²) in [5.74, 6) is 0. The molecule has 0 saturated carbocycles. The summed E-state index contributed by atoms with van der Waals surface area (Å²) in [5.41, 5.74) is 11.8. The van der Waals surface area contributed by atoms with Crippen molar-refractivity contribution in [2.24, 2.45) is 0 Å². The molecule has 0 atom stereocenters. The molecule has 3 heteroatoms. The Labute approximate surface area is 355 Å². The Morgan fingerprint density at radius 2 is 0.656 bits per heavy atom. The molecule has 0 aliphatic heterocycles. The van der Waals surface area contributed by atoms with Gasteiger partial charge in [-0.3, -0.25) is 9.97 Å². The van der Waals surface area contributed by atoms with Gasteiger partial charge >= 0.3 is 0 Å². The van der Waals surface area contributed by atoms with Gasteiger partial charge in [0.25, 0.3) is 0 Å². The molecule has 0 amide bonds. The summed E-state index contributed by atoms with van der Waals surface area (Å²) in [6, 6.07) is 71.6. The van der Waals surface area contributed by atoms with Crippen molar-refractivity contribution in [3.8, 4) is 44.5 Å². The van der Waals surface area contributed by atoms with Crippen molar-refractivity contribution >= 4 is 96.4 Å². The van der Waals surface area contributed by atoms with Crippen LogP contribution in [0.3, 0.4) is 0 Å². The minimum absolute atomic E-state index is 0.937. The Hall–Kier alpha value is -7.72. The van der Waals surface area contributed by atoms with Crippen LogP contribution < -0.4 is 0 Å². The number of thiophene rings is 1. The highest BCUT2D eigenvalue weighted by Gasteiger charge is 2.18. The molecule has 2 aromatic heterocycles. The van der Waals surface area contributed by atoms with Crippen LogP contribution in [0, 0.1) is 0 Å².